The van der Waals surface area contributed by atoms with Crippen LogP contribution in [0.3, 0.4) is 0 Å². The molecule has 10 heteroatoms. The first-order chi connectivity index (χ1) is 13.3. The maximum Gasteiger partial charge on any atom is 0.282 e. The van der Waals surface area contributed by atoms with Crippen LogP contribution < -0.4 is 5.32 Å². The second kappa shape index (κ2) is 8.29. The topological polar surface area (TPSA) is 69.7 Å². The first kappa shape index (κ1) is 20.3. The number of anilines is 1. The summed E-state index contributed by atoms with van der Waals surface area (Å²) in [5, 5.41) is 2.24. The molecule has 1 fully saturated rings. The molecule has 1 amide bonds. The summed E-state index contributed by atoms with van der Waals surface area (Å²) in [5.74, 6) is -2.96. The Balaban J connectivity index is 1.68. The lowest BCUT2D eigenvalue weighted by molar-refractivity contribution is -0.116. The predicted molar refractivity (Wildman–Crippen MR) is 96.9 cm³/mol. The van der Waals surface area contributed by atoms with E-state index in [1.54, 1.807) is 6.07 Å². The van der Waals surface area contributed by atoms with Crippen LogP contribution in [0.25, 0.3) is 0 Å². The van der Waals surface area contributed by atoms with Crippen LogP contribution >= 0.6 is 0 Å². The van der Waals surface area contributed by atoms with Crippen LogP contribution in [0, 0.1) is 17.5 Å². The number of rotatable bonds is 5. The van der Waals surface area contributed by atoms with Crippen molar-refractivity contribution < 1.29 is 26.4 Å². The number of amides is 1. The van der Waals surface area contributed by atoms with E-state index in [1.165, 1.54) is 18.2 Å². The van der Waals surface area contributed by atoms with Gasteiger partial charge in [-0.1, -0.05) is 12.1 Å². The molecule has 1 aliphatic heterocycles. The Kier molecular flexibility index (Phi) is 6.01. The first-order valence-corrected chi connectivity index (χ1v) is 9.90. The van der Waals surface area contributed by atoms with E-state index in [9.17, 15) is 26.4 Å². The van der Waals surface area contributed by atoms with E-state index in [2.05, 4.69) is 5.32 Å². The van der Waals surface area contributed by atoms with Crippen molar-refractivity contribution in [2.45, 2.75) is 13.0 Å². The van der Waals surface area contributed by atoms with Gasteiger partial charge in [-0.05, 0) is 36.2 Å². The van der Waals surface area contributed by atoms with Crippen LogP contribution in [-0.4, -0.2) is 42.6 Å². The van der Waals surface area contributed by atoms with Crippen molar-refractivity contribution in [3.8, 4) is 0 Å². The highest BCUT2D eigenvalue weighted by Crippen LogP contribution is 2.20. The number of benzene rings is 2. The van der Waals surface area contributed by atoms with Crippen LogP contribution in [0.2, 0.25) is 0 Å². The molecule has 1 N–H and O–H groups in total. The molecule has 0 aliphatic carbocycles. The first-order valence-electron chi connectivity index (χ1n) is 8.50. The molecule has 0 atom stereocenters. The Labute approximate surface area is 160 Å². The van der Waals surface area contributed by atoms with Gasteiger partial charge in [-0.3, -0.25) is 4.79 Å². The molecule has 1 saturated heterocycles. The lowest BCUT2D eigenvalue weighted by Gasteiger charge is -2.34. The van der Waals surface area contributed by atoms with Gasteiger partial charge in [0.05, 0.1) is 12.2 Å². The maximum atomic E-state index is 13.7. The van der Waals surface area contributed by atoms with Crippen LogP contribution in [0.4, 0.5) is 18.9 Å². The van der Waals surface area contributed by atoms with E-state index in [-0.39, 0.29) is 25.3 Å². The van der Waals surface area contributed by atoms with Crippen molar-refractivity contribution in [1.82, 2.24) is 8.61 Å². The fraction of sp³-hybridized carbons (Fsp3) is 0.278. The summed E-state index contributed by atoms with van der Waals surface area (Å²) in [6.45, 7) is -0.172. The zero-order valence-corrected chi connectivity index (χ0v) is 15.6. The molecule has 0 saturated carbocycles. The van der Waals surface area contributed by atoms with E-state index in [1.807, 2.05) is 0 Å². The highest BCUT2D eigenvalue weighted by atomic mass is 32.2. The average molecular weight is 413 g/mol. The minimum absolute atomic E-state index is 0.0230. The molecule has 0 unspecified atom stereocenters. The Morgan fingerprint density at radius 2 is 1.71 bits per heavy atom. The van der Waals surface area contributed by atoms with Gasteiger partial charge in [0.25, 0.3) is 10.2 Å². The van der Waals surface area contributed by atoms with Crippen LogP contribution in [0.15, 0.2) is 42.5 Å². The molecule has 1 heterocycles. The molecule has 6 nitrogen and oxygen atoms in total. The van der Waals surface area contributed by atoms with Crippen LogP contribution in [-0.2, 0) is 21.5 Å². The monoisotopic (exact) mass is 413 g/mol. The number of nitrogens with zero attached hydrogens (tertiary/aromatic N) is 2. The lowest BCUT2D eigenvalue weighted by Crippen LogP contribution is -2.51. The molecule has 0 radical (unpaired) electrons. The second-order valence-electron chi connectivity index (χ2n) is 6.33. The molecule has 2 aromatic rings. The molecular formula is C18H18F3N3O3S. The minimum Gasteiger partial charge on any atom is -0.322 e. The number of hydrogen-bond acceptors (Lipinski definition) is 3. The largest absolute Gasteiger partial charge is 0.322 e. The molecular weight excluding hydrogens is 395 g/mol. The third kappa shape index (κ3) is 4.70. The summed E-state index contributed by atoms with van der Waals surface area (Å²) in [6.07, 6.45) is 0.479. The van der Waals surface area contributed by atoms with Gasteiger partial charge in [0, 0.05) is 25.7 Å². The fourth-order valence-corrected chi connectivity index (χ4v) is 4.56. The molecule has 0 bridgehead atoms. The predicted octanol–water partition coefficient (Wildman–Crippen LogP) is 2.50. The van der Waals surface area contributed by atoms with Crippen molar-refractivity contribution in [2.75, 3.05) is 25.0 Å². The van der Waals surface area contributed by atoms with Gasteiger partial charge in [-0.15, -0.1) is 0 Å². The molecule has 150 valence electrons. The summed E-state index contributed by atoms with van der Waals surface area (Å²) in [6, 6.07) is 8.28. The van der Waals surface area contributed by atoms with Crippen molar-refractivity contribution in [3.63, 3.8) is 0 Å². The third-order valence-corrected chi connectivity index (χ3v) is 6.17. The van der Waals surface area contributed by atoms with Gasteiger partial charge in [0.15, 0.2) is 0 Å². The van der Waals surface area contributed by atoms with Crippen molar-refractivity contribution in [3.05, 3.63) is 65.5 Å². The van der Waals surface area contributed by atoms with Gasteiger partial charge >= 0.3 is 0 Å². The van der Waals surface area contributed by atoms with Crippen LogP contribution in [0.1, 0.15) is 12.0 Å². The number of hydrogen-bond donors (Lipinski definition) is 1. The molecule has 3 rings (SSSR count). The normalized spacial score (nSPS) is 17.4. The smallest absolute Gasteiger partial charge is 0.282 e. The SMILES string of the molecule is O=C(CN1CCCN(Cc2cccc(F)c2)S1(=O)=O)Nc1ccc(F)cc1F. The van der Waals surface area contributed by atoms with E-state index >= 15 is 0 Å². The molecule has 1 aliphatic rings. The van der Waals surface area contributed by atoms with Crippen molar-refractivity contribution >= 4 is 21.8 Å². The number of carbonyl (C=O) groups excluding carboxylic acids is 1. The Hall–Kier alpha value is -2.43. The van der Waals surface area contributed by atoms with Gasteiger partial charge < -0.3 is 5.32 Å². The van der Waals surface area contributed by atoms with Gasteiger partial charge in [0.2, 0.25) is 5.91 Å². The zero-order valence-electron chi connectivity index (χ0n) is 14.7. The molecule has 0 spiro atoms. The van der Waals surface area contributed by atoms with Crippen molar-refractivity contribution in [2.24, 2.45) is 0 Å². The van der Waals surface area contributed by atoms with Gasteiger partial charge in [-0.2, -0.15) is 17.0 Å². The van der Waals surface area contributed by atoms with Gasteiger partial charge in [-0.25, -0.2) is 13.2 Å². The minimum atomic E-state index is -3.95. The molecule has 0 aromatic heterocycles. The Bertz CT molecular complexity index is 985. The summed E-state index contributed by atoms with van der Waals surface area (Å²) < 4.78 is 67.6. The van der Waals surface area contributed by atoms with Crippen molar-refractivity contribution in [1.29, 1.82) is 0 Å². The summed E-state index contributed by atoms with van der Waals surface area (Å²) in [4.78, 5) is 12.2. The fourth-order valence-electron chi connectivity index (χ4n) is 2.92. The Morgan fingerprint density at radius 3 is 2.43 bits per heavy atom. The van der Waals surface area contributed by atoms with E-state index in [0.29, 0.717) is 18.1 Å². The number of carbonyl (C=O) groups is 1. The highest BCUT2D eigenvalue weighted by molar-refractivity contribution is 7.86. The summed E-state index contributed by atoms with van der Waals surface area (Å²) in [7, 11) is -3.95. The standard InChI is InChI=1S/C18H18F3N3O3S/c19-14-4-1-3-13(9-14)11-23-7-2-8-24(28(23,26)27)12-18(25)22-17-6-5-15(20)10-16(17)21/h1,3-6,9-10H,2,7-8,11-12H2,(H,22,25). The highest BCUT2D eigenvalue weighted by Gasteiger charge is 2.34. The number of nitrogens with one attached hydrogen (secondary N) is 1. The summed E-state index contributed by atoms with van der Waals surface area (Å²) >= 11 is 0. The lowest BCUT2D eigenvalue weighted by atomic mass is 10.2. The molecule has 28 heavy (non-hydrogen) atoms. The van der Waals surface area contributed by atoms with Crippen LogP contribution in [0.5, 0.6) is 0 Å². The maximum absolute atomic E-state index is 13.7. The quantitative estimate of drug-likeness (QED) is 0.819. The second-order valence-corrected chi connectivity index (χ2v) is 8.26. The third-order valence-electron chi connectivity index (χ3n) is 4.24. The average Bonchev–Trinajstić information content (AvgIpc) is 2.61. The van der Waals surface area contributed by atoms with E-state index < -0.39 is 40.1 Å². The molecule has 2 aromatic carbocycles. The van der Waals surface area contributed by atoms with E-state index in [0.717, 1.165) is 20.7 Å². The summed E-state index contributed by atoms with van der Waals surface area (Å²) in [5.41, 5.74) is 0.251. The van der Waals surface area contributed by atoms with E-state index in [4.69, 9.17) is 0 Å². The number of halogens is 3. The Morgan fingerprint density at radius 1 is 1.00 bits per heavy atom. The van der Waals surface area contributed by atoms with Gasteiger partial charge in [0.1, 0.15) is 17.5 Å². The zero-order chi connectivity index (χ0) is 20.3.